The molecule has 0 aromatic carbocycles. The van der Waals surface area contributed by atoms with Crippen molar-refractivity contribution in [3.63, 3.8) is 0 Å². The van der Waals surface area contributed by atoms with Gasteiger partial charge in [-0.2, -0.15) is 13.2 Å². The molecule has 1 rings (SSSR count). The van der Waals surface area contributed by atoms with Gasteiger partial charge < -0.3 is 9.84 Å². The molecule has 13 heavy (non-hydrogen) atoms. The first-order valence-electron chi connectivity index (χ1n) is 3.77. The molecule has 0 radical (unpaired) electrons. The van der Waals surface area contributed by atoms with Gasteiger partial charge in [0.1, 0.15) is 0 Å². The largest absolute Gasteiger partial charge is 0.481 e. The van der Waals surface area contributed by atoms with Crippen LogP contribution in [0.25, 0.3) is 0 Å². The zero-order chi connectivity index (χ0) is 10.2. The minimum Gasteiger partial charge on any atom is -0.481 e. The Labute approximate surface area is 72.5 Å². The van der Waals surface area contributed by atoms with E-state index in [1.165, 1.54) is 6.92 Å². The summed E-state index contributed by atoms with van der Waals surface area (Å²) in [5.41, 5.74) is 0. The number of aliphatic carboxylic acids is 1. The molecule has 1 fully saturated rings. The molecule has 0 amide bonds. The van der Waals surface area contributed by atoms with Crippen LogP contribution in [0.2, 0.25) is 0 Å². The molecule has 3 nitrogen and oxygen atoms in total. The van der Waals surface area contributed by atoms with E-state index in [2.05, 4.69) is 4.74 Å². The molecule has 1 aliphatic heterocycles. The topological polar surface area (TPSA) is 46.5 Å². The van der Waals surface area contributed by atoms with Crippen molar-refractivity contribution in [1.29, 1.82) is 0 Å². The Balaban J connectivity index is 2.78. The van der Waals surface area contributed by atoms with E-state index in [1.807, 2.05) is 0 Å². The summed E-state index contributed by atoms with van der Waals surface area (Å²) in [6.45, 7) is 1.43. The van der Waals surface area contributed by atoms with Gasteiger partial charge >= 0.3 is 12.1 Å². The molecule has 1 N–H and O–H groups in total. The highest BCUT2D eigenvalue weighted by Crippen LogP contribution is 2.37. The summed E-state index contributed by atoms with van der Waals surface area (Å²) < 4.78 is 41.0. The van der Waals surface area contributed by atoms with Gasteiger partial charge in [0.2, 0.25) is 0 Å². The Morgan fingerprint density at radius 1 is 1.54 bits per heavy atom. The van der Waals surface area contributed by atoms with Crippen molar-refractivity contribution < 1.29 is 27.8 Å². The first-order valence-corrected chi connectivity index (χ1v) is 3.77. The van der Waals surface area contributed by atoms with Crippen molar-refractivity contribution in [3.05, 3.63) is 0 Å². The van der Waals surface area contributed by atoms with Crippen molar-refractivity contribution in [3.8, 4) is 0 Å². The monoisotopic (exact) mass is 198 g/mol. The lowest BCUT2D eigenvalue weighted by atomic mass is 10.00. The second kappa shape index (κ2) is 3.17. The van der Waals surface area contributed by atoms with Crippen molar-refractivity contribution in [2.24, 2.45) is 5.92 Å². The van der Waals surface area contributed by atoms with Crippen LogP contribution >= 0.6 is 0 Å². The number of ether oxygens (including phenoxy) is 1. The van der Waals surface area contributed by atoms with Crippen LogP contribution in [0.3, 0.4) is 0 Å². The molecule has 0 aromatic rings. The molecule has 0 bridgehead atoms. The highest BCUT2D eigenvalue weighted by molar-refractivity contribution is 5.71. The lowest BCUT2D eigenvalue weighted by Gasteiger charge is -2.18. The molecule has 0 saturated carbocycles. The summed E-state index contributed by atoms with van der Waals surface area (Å²) >= 11 is 0. The first kappa shape index (κ1) is 10.3. The van der Waals surface area contributed by atoms with Crippen LogP contribution in [-0.4, -0.2) is 29.5 Å². The van der Waals surface area contributed by atoms with E-state index in [9.17, 15) is 18.0 Å². The van der Waals surface area contributed by atoms with Crippen molar-refractivity contribution >= 4 is 5.97 Å². The molecule has 0 aliphatic carbocycles. The number of halogens is 3. The van der Waals surface area contributed by atoms with Crippen LogP contribution in [0.15, 0.2) is 0 Å². The van der Waals surface area contributed by atoms with Gasteiger partial charge in [0.25, 0.3) is 0 Å². The third-order valence-electron chi connectivity index (χ3n) is 1.97. The second-order valence-corrected chi connectivity index (χ2v) is 3.09. The van der Waals surface area contributed by atoms with E-state index in [4.69, 9.17) is 5.11 Å². The molecule has 3 atom stereocenters. The molecule has 1 saturated heterocycles. The molecule has 0 spiro atoms. The molecule has 1 heterocycles. The summed E-state index contributed by atoms with van der Waals surface area (Å²) in [6.07, 6.45) is -7.47. The Kier molecular flexibility index (Phi) is 2.51. The van der Waals surface area contributed by atoms with Gasteiger partial charge in [0, 0.05) is 0 Å². The molecule has 1 aliphatic rings. The fourth-order valence-corrected chi connectivity index (χ4v) is 1.42. The summed E-state index contributed by atoms with van der Waals surface area (Å²) in [4.78, 5) is 10.4. The molecule has 0 aromatic heterocycles. The number of alkyl halides is 3. The van der Waals surface area contributed by atoms with E-state index >= 15 is 0 Å². The minimum absolute atomic E-state index is 0.0838. The number of carbonyl (C=O) groups is 1. The van der Waals surface area contributed by atoms with Crippen molar-refractivity contribution in [1.82, 2.24) is 0 Å². The van der Waals surface area contributed by atoms with Gasteiger partial charge in [0.05, 0.1) is 12.0 Å². The second-order valence-electron chi connectivity index (χ2n) is 3.09. The van der Waals surface area contributed by atoms with E-state index in [0.29, 0.717) is 0 Å². The molecular formula is C7H9F3O3. The number of rotatable bonds is 1. The van der Waals surface area contributed by atoms with Crippen LogP contribution in [0.4, 0.5) is 13.2 Å². The lowest BCUT2D eigenvalue weighted by molar-refractivity contribution is -0.225. The number of carboxylic acids is 1. The maximum absolute atomic E-state index is 12.2. The van der Waals surface area contributed by atoms with E-state index in [-0.39, 0.29) is 6.42 Å². The summed E-state index contributed by atoms with van der Waals surface area (Å²) in [5.74, 6) is -2.92. The summed E-state index contributed by atoms with van der Waals surface area (Å²) in [6, 6.07) is 0. The third kappa shape index (κ3) is 2.12. The molecular weight excluding hydrogens is 189 g/mol. The average Bonchev–Trinajstić information content (AvgIpc) is 2.29. The number of hydrogen-bond donors (Lipinski definition) is 1. The predicted octanol–water partition coefficient (Wildman–Crippen LogP) is 1.43. The molecule has 76 valence electrons. The highest BCUT2D eigenvalue weighted by atomic mass is 19.4. The SMILES string of the molecule is C[C@H]1C[C@@H](C(=O)O)[C@@H](C(F)(F)F)O1. The van der Waals surface area contributed by atoms with Crippen LogP contribution in [0.5, 0.6) is 0 Å². The third-order valence-corrected chi connectivity index (χ3v) is 1.97. The van der Waals surface area contributed by atoms with Gasteiger partial charge in [-0.25, -0.2) is 0 Å². The van der Waals surface area contributed by atoms with Crippen LogP contribution in [0, 0.1) is 5.92 Å². The zero-order valence-electron chi connectivity index (χ0n) is 6.84. The first-order chi connectivity index (χ1) is 5.82. The van der Waals surface area contributed by atoms with Gasteiger partial charge in [-0.3, -0.25) is 4.79 Å². The number of hydrogen-bond acceptors (Lipinski definition) is 2. The highest BCUT2D eigenvalue weighted by Gasteiger charge is 2.53. The van der Waals surface area contributed by atoms with Gasteiger partial charge in [-0.15, -0.1) is 0 Å². The maximum atomic E-state index is 12.2. The quantitative estimate of drug-likeness (QED) is 0.693. The molecule has 6 heteroatoms. The Morgan fingerprint density at radius 3 is 2.38 bits per heavy atom. The zero-order valence-corrected chi connectivity index (χ0v) is 6.84. The van der Waals surface area contributed by atoms with Crippen LogP contribution < -0.4 is 0 Å². The van der Waals surface area contributed by atoms with Gasteiger partial charge in [0.15, 0.2) is 6.10 Å². The fourth-order valence-electron chi connectivity index (χ4n) is 1.42. The lowest BCUT2D eigenvalue weighted by Crippen LogP contribution is -2.37. The Morgan fingerprint density at radius 2 is 2.08 bits per heavy atom. The predicted molar refractivity (Wildman–Crippen MR) is 36.1 cm³/mol. The maximum Gasteiger partial charge on any atom is 0.415 e. The van der Waals surface area contributed by atoms with Crippen molar-refractivity contribution in [2.45, 2.75) is 31.7 Å². The van der Waals surface area contributed by atoms with E-state index in [1.54, 1.807) is 0 Å². The fraction of sp³-hybridized carbons (Fsp3) is 0.857. The average molecular weight is 198 g/mol. The summed E-state index contributed by atoms with van der Waals surface area (Å²) in [7, 11) is 0. The van der Waals surface area contributed by atoms with Crippen LogP contribution in [0.1, 0.15) is 13.3 Å². The Bertz CT molecular complexity index is 214. The van der Waals surface area contributed by atoms with Crippen LogP contribution in [-0.2, 0) is 9.53 Å². The standard InChI is InChI=1S/C7H9F3O3/c1-3-2-4(6(11)12)5(13-3)7(8,9)10/h3-5H,2H2,1H3,(H,11,12)/t3-,4+,5-/m0/s1. The Hall–Kier alpha value is -0.780. The van der Waals surface area contributed by atoms with E-state index in [0.717, 1.165) is 0 Å². The van der Waals surface area contributed by atoms with Crippen molar-refractivity contribution in [2.75, 3.05) is 0 Å². The van der Waals surface area contributed by atoms with Gasteiger partial charge in [-0.05, 0) is 13.3 Å². The smallest absolute Gasteiger partial charge is 0.415 e. The van der Waals surface area contributed by atoms with Gasteiger partial charge in [-0.1, -0.05) is 0 Å². The summed E-state index contributed by atoms with van der Waals surface area (Å²) in [5, 5.41) is 8.48. The minimum atomic E-state index is -4.59. The normalized spacial score (nSPS) is 34.9. The van der Waals surface area contributed by atoms with E-state index < -0.39 is 30.3 Å². The molecule has 0 unspecified atom stereocenters. The number of carboxylic acid groups (broad SMARTS) is 1.